The summed E-state index contributed by atoms with van der Waals surface area (Å²) in [5.74, 6) is 1.45. The van der Waals surface area contributed by atoms with Crippen LogP contribution in [0.5, 0.6) is 11.5 Å². The number of carbonyl (C=O) groups excluding carboxylic acids is 1. The van der Waals surface area contributed by atoms with Crippen molar-refractivity contribution in [1.29, 1.82) is 0 Å². The summed E-state index contributed by atoms with van der Waals surface area (Å²) in [5, 5.41) is 0. The molecule has 4 nitrogen and oxygen atoms in total. The molecule has 1 aromatic rings. The van der Waals surface area contributed by atoms with Crippen LogP contribution in [-0.4, -0.2) is 32.7 Å². The van der Waals surface area contributed by atoms with E-state index in [0.717, 1.165) is 42.8 Å². The van der Waals surface area contributed by atoms with Crippen LogP contribution in [0.2, 0.25) is 0 Å². The van der Waals surface area contributed by atoms with Gasteiger partial charge in [0.15, 0.2) is 11.5 Å². The molecule has 2 rings (SSSR count). The number of benzene rings is 1. The van der Waals surface area contributed by atoms with Crippen LogP contribution in [0.15, 0.2) is 18.2 Å². The van der Waals surface area contributed by atoms with Crippen molar-refractivity contribution in [2.24, 2.45) is 0 Å². The quantitative estimate of drug-likeness (QED) is 0.724. The van der Waals surface area contributed by atoms with Crippen LogP contribution in [0, 0.1) is 0 Å². The molecule has 0 aromatic heterocycles. The molecule has 1 unspecified atom stereocenters. The molecule has 1 saturated heterocycles. The molecule has 1 aromatic carbocycles. The number of aldehydes is 1. The normalized spacial score (nSPS) is 18.6. The van der Waals surface area contributed by atoms with Gasteiger partial charge in [0.25, 0.3) is 0 Å². The predicted octanol–water partition coefficient (Wildman–Crippen LogP) is 1.99. The average Bonchev–Trinajstić information content (AvgIpc) is 2.89. The molecule has 0 saturated carbocycles. The van der Waals surface area contributed by atoms with Gasteiger partial charge in [0.2, 0.25) is 0 Å². The molecular weight excluding hydrogens is 232 g/mol. The first kappa shape index (κ1) is 12.9. The van der Waals surface area contributed by atoms with E-state index in [4.69, 9.17) is 14.2 Å². The minimum absolute atomic E-state index is 0.0974. The summed E-state index contributed by atoms with van der Waals surface area (Å²) in [6, 6.07) is 5.78. The third-order valence-electron chi connectivity index (χ3n) is 2.96. The fraction of sp³-hybridized carbons (Fsp3) is 0.500. The lowest BCUT2D eigenvalue weighted by atomic mass is 10.1. The topological polar surface area (TPSA) is 44.8 Å². The summed E-state index contributed by atoms with van der Waals surface area (Å²) in [5.41, 5.74) is 1.08. The van der Waals surface area contributed by atoms with E-state index in [0.29, 0.717) is 13.0 Å². The van der Waals surface area contributed by atoms with E-state index in [1.165, 1.54) is 0 Å². The smallest absolute Gasteiger partial charge is 0.161 e. The molecule has 1 heterocycles. The molecule has 18 heavy (non-hydrogen) atoms. The van der Waals surface area contributed by atoms with Crippen LogP contribution < -0.4 is 9.47 Å². The number of carbonyl (C=O) groups is 1. The molecule has 0 N–H and O–H groups in total. The highest BCUT2D eigenvalue weighted by atomic mass is 16.6. The molecule has 0 radical (unpaired) electrons. The SMILES string of the molecule is COc1ccc(CCC=O)cc1OC1CCOC1. The number of rotatable bonds is 6. The molecular formula is C14H18O4. The second kappa shape index (κ2) is 6.40. The first-order valence-electron chi connectivity index (χ1n) is 6.18. The van der Waals surface area contributed by atoms with Crippen LogP contribution in [0.25, 0.3) is 0 Å². The molecule has 1 fully saturated rings. The molecule has 1 aliphatic heterocycles. The summed E-state index contributed by atoms with van der Waals surface area (Å²) in [4.78, 5) is 10.4. The molecule has 1 atom stereocenters. The Morgan fingerprint density at radius 1 is 1.44 bits per heavy atom. The van der Waals surface area contributed by atoms with Gasteiger partial charge in [-0.1, -0.05) is 6.07 Å². The lowest BCUT2D eigenvalue weighted by molar-refractivity contribution is -0.107. The van der Waals surface area contributed by atoms with Gasteiger partial charge < -0.3 is 19.0 Å². The Morgan fingerprint density at radius 2 is 2.33 bits per heavy atom. The molecule has 1 aliphatic rings. The molecule has 98 valence electrons. The fourth-order valence-electron chi connectivity index (χ4n) is 1.98. The van der Waals surface area contributed by atoms with Crippen molar-refractivity contribution in [2.75, 3.05) is 20.3 Å². The first-order valence-corrected chi connectivity index (χ1v) is 6.18. The van der Waals surface area contributed by atoms with Crippen LogP contribution in [0.4, 0.5) is 0 Å². The number of aryl methyl sites for hydroxylation is 1. The third kappa shape index (κ3) is 3.23. The van der Waals surface area contributed by atoms with E-state index in [1.54, 1.807) is 7.11 Å². The monoisotopic (exact) mass is 250 g/mol. The number of methoxy groups -OCH3 is 1. The van der Waals surface area contributed by atoms with Gasteiger partial charge in [0, 0.05) is 12.8 Å². The summed E-state index contributed by atoms with van der Waals surface area (Å²) < 4.78 is 16.4. The molecule has 0 aliphatic carbocycles. The van der Waals surface area contributed by atoms with Gasteiger partial charge in [-0.3, -0.25) is 0 Å². The number of hydrogen-bond acceptors (Lipinski definition) is 4. The highest BCUT2D eigenvalue weighted by Gasteiger charge is 2.19. The maximum Gasteiger partial charge on any atom is 0.161 e. The Hall–Kier alpha value is -1.55. The minimum Gasteiger partial charge on any atom is -0.493 e. The summed E-state index contributed by atoms with van der Waals surface area (Å²) in [6.07, 6.45) is 3.18. The zero-order chi connectivity index (χ0) is 12.8. The Kier molecular flexibility index (Phi) is 4.59. The second-order valence-corrected chi connectivity index (χ2v) is 4.29. The average molecular weight is 250 g/mol. The summed E-state index contributed by atoms with van der Waals surface area (Å²) >= 11 is 0. The Morgan fingerprint density at radius 3 is 3.00 bits per heavy atom. The van der Waals surface area contributed by atoms with Crippen LogP contribution in [0.3, 0.4) is 0 Å². The maximum absolute atomic E-state index is 10.4. The van der Waals surface area contributed by atoms with E-state index in [-0.39, 0.29) is 6.10 Å². The zero-order valence-electron chi connectivity index (χ0n) is 10.6. The Labute approximate surface area is 107 Å². The zero-order valence-corrected chi connectivity index (χ0v) is 10.6. The van der Waals surface area contributed by atoms with E-state index >= 15 is 0 Å². The van der Waals surface area contributed by atoms with E-state index in [1.807, 2.05) is 18.2 Å². The highest BCUT2D eigenvalue weighted by molar-refractivity contribution is 5.51. The molecule has 0 spiro atoms. The van der Waals surface area contributed by atoms with Crippen LogP contribution in [0.1, 0.15) is 18.4 Å². The van der Waals surface area contributed by atoms with E-state index < -0.39 is 0 Å². The van der Waals surface area contributed by atoms with Crippen molar-refractivity contribution < 1.29 is 19.0 Å². The highest BCUT2D eigenvalue weighted by Crippen LogP contribution is 2.30. The largest absolute Gasteiger partial charge is 0.493 e. The molecule has 0 bridgehead atoms. The van der Waals surface area contributed by atoms with Crippen molar-refractivity contribution in [2.45, 2.75) is 25.4 Å². The van der Waals surface area contributed by atoms with Gasteiger partial charge in [-0.15, -0.1) is 0 Å². The summed E-state index contributed by atoms with van der Waals surface area (Å²) in [7, 11) is 1.62. The van der Waals surface area contributed by atoms with Crippen molar-refractivity contribution >= 4 is 6.29 Å². The standard InChI is InChI=1S/C14H18O4/c1-16-13-5-4-11(3-2-7-15)9-14(13)18-12-6-8-17-10-12/h4-5,7,9,12H,2-3,6,8,10H2,1H3. The number of hydrogen-bond donors (Lipinski definition) is 0. The Balaban J connectivity index is 2.10. The fourth-order valence-corrected chi connectivity index (χ4v) is 1.98. The van der Waals surface area contributed by atoms with Crippen LogP contribution >= 0.6 is 0 Å². The predicted molar refractivity (Wildman–Crippen MR) is 67.2 cm³/mol. The van der Waals surface area contributed by atoms with Crippen molar-refractivity contribution in [1.82, 2.24) is 0 Å². The van der Waals surface area contributed by atoms with Gasteiger partial charge in [0.05, 0.1) is 20.3 Å². The van der Waals surface area contributed by atoms with Gasteiger partial charge in [0.1, 0.15) is 12.4 Å². The maximum atomic E-state index is 10.4. The molecule has 0 amide bonds. The minimum atomic E-state index is 0.0974. The lowest BCUT2D eigenvalue weighted by Gasteiger charge is -2.15. The second-order valence-electron chi connectivity index (χ2n) is 4.29. The van der Waals surface area contributed by atoms with Crippen molar-refractivity contribution in [3.8, 4) is 11.5 Å². The first-order chi connectivity index (χ1) is 8.83. The van der Waals surface area contributed by atoms with Crippen molar-refractivity contribution in [3.05, 3.63) is 23.8 Å². The summed E-state index contributed by atoms with van der Waals surface area (Å²) in [6.45, 7) is 1.37. The van der Waals surface area contributed by atoms with Gasteiger partial charge in [-0.05, 0) is 24.1 Å². The Bertz CT molecular complexity index is 397. The lowest BCUT2D eigenvalue weighted by Crippen LogP contribution is -2.16. The van der Waals surface area contributed by atoms with E-state index in [2.05, 4.69) is 0 Å². The van der Waals surface area contributed by atoms with Gasteiger partial charge in [-0.25, -0.2) is 0 Å². The van der Waals surface area contributed by atoms with Gasteiger partial charge >= 0.3 is 0 Å². The number of ether oxygens (including phenoxy) is 3. The van der Waals surface area contributed by atoms with Crippen molar-refractivity contribution in [3.63, 3.8) is 0 Å². The molecule has 4 heteroatoms. The van der Waals surface area contributed by atoms with Gasteiger partial charge in [-0.2, -0.15) is 0 Å². The third-order valence-corrected chi connectivity index (χ3v) is 2.96. The van der Waals surface area contributed by atoms with Crippen LogP contribution in [-0.2, 0) is 16.0 Å². The van der Waals surface area contributed by atoms with E-state index in [9.17, 15) is 4.79 Å².